The first-order chi connectivity index (χ1) is 13.5. The molecule has 2 aliphatic heterocycles. The highest BCUT2D eigenvalue weighted by Gasteiger charge is 2.56. The van der Waals surface area contributed by atoms with Crippen LogP contribution in [0.1, 0.15) is 49.0 Å². The quantitative estimate of drug-likeness (QED) is 0.763. The molecule has 0 aromatic carbocycles. The second-order valence-corrected chi connectivity index (χ2v) is 7.92. The third kappa shape index (κ3) is 2.78. The first-order valence-corrected chi connectivity index (χ1v) is 9.81. The van der Waals surface area contributed by atoms with E-state index < -0.39 is 17.4 Å². The fourth-order valence-electron chi connectivity index (χ4n) is 4.95. The molecule has 0 spiro atoms. The molecule has 3 amide bonds. The molecule has 28 heavy (non-hydrogen) atoms. The highest BCUT2D eigenvalue weighted by atomic mass is 16.2. The Kier molecular flexibility index (Phi) is 4.64. The van der Waals surface area contributed by atoms with E-state index in [-0.39, 0.29) is 35.9 Å². The summed E-state index contributed by atoms with van der Waals surface area (Å²) < 4.78 is 0. The fourth-order valence-corrected chi connectivity index (χ4v) is 4.95. The summed E-state index contributed by atoms with van der Waals surface area (Å²) >= 11 is 0. The second kappa shape index (κ2) is 7.00. The predicted octanol–water partition coefficient (Wildman–Crippen LogP) is 0.512. The van der Waals surface area contributed by atoms with Crippen molar-refractivity contribution < 1.29 is 19.2 Å². The smallest absolute Gasteiger partial charge is 0.273 e. The van der Waals surface area contributed by atoms with Gasteiger partial charge in [0.1, 0.15) is 17.2 Å². The van der Waals surface area contributed by atoms with Crippen LogP contribution in [0, 0.1) is 5.41 Å². The topological polar surface area (TPSA) is 114 Å². The van der Waals surface area contributed by atoms with E-state index in [2.05, 4.69) is 4.98 Å². The molecule has 1 aromatic heterocycles. The largest absolute Gasteiger partial charge is 0.369 e. The van der Waals surface area contributed by atoms with Gasteiger partial charge in [-0.15, -0.1) is 0 Å². The van der Waals surface area contributed by atoms with Crippen molar-refractivity contribution in [2.45, 2.75) is 50.6 Å². The number of rotatable bonds is 3. The van der Waals surface area contributed by atoms with Gasteiger partial charge < -0.3 is 15.5 Å². The number of ketones is 1. The van der Waals surface area contributed by atoms with Crippen molar-refractivity contribution in [1.29, 1.82) is 0 Å². The van der Waals surface area contributed by atoms with Crippen molar-refractivity contribution in [3.63, 3.8) is 0 Å². The van der Waals surface area contributed by atoms with Gasteiger partial charge in [0.15, 0.2) is 5.78 Å². The van der Waals surface area contributed by atoms with Crippen LogP contribution in [0.2, 0.25) is 0 Å². The van der Waals surface area contributed by atoms with Crippen LogP contribution in [-0.4, -0.2) is 63.5 Å². The highest BCUT2D eigenvalue weighted by molar-refractivity contribution is 6.07. The van der Waals surface area contributed by atoms with Gasteiger partial charge in [0, 0.05) is 12.7 Å². The van der Waals surface area contributed by atoms with Crippen molar-refractivity contribution in [2.24, 2.45) is 11.1 Å². The summed E-state index contributed by atoms with van der Waals surface area (Å²) in [7, 11) is 0. The molecular formula is C20H24N4O4. The maximum Gasteiger partial charge on any atom is 0.273 e. The minimum atomic E-state index is -1.22. The van der Waals surface area contributed by atoms with Crippen molar-refractivity contribution >= 4 is 23.5 Å². The summed E-state index contributed by atoms with van der Waals surface area (Å²) in [4.78, 5) is 58.2. The number of nitrogens with two attached hydrogens (primary N) is 1. The molecule has 3 fully saturated rings. The van der Waals surface area contributed by atoms with Gasteiger partial charge >= 0.3 is 0 Å². The van der Waals surface area contributed by atoms with E-state index in [9.17, 15) is 19.2 Å². The molecule has 0 radical (unpaired) electrons. The Hall–Kier alpha value is -2.77. The zero-order valence-corrected chi connectivity index (χ0v) is 15.7. The Morgan fingerprint density at radius 1 is 1.11 bits per heavy atom. The molecular weight excluding hydrogens is 360 g/mol. The molecule has 148 valence electrons. The van der Waals surface area contributed by atoms with Gasteiger partial charge in [-0.2, -0.15) is 0 Å². The average molecular weight is 384 g/mol. The third-order valence-corrected chi connectivity index (χ3v) is 6.42. The number of amides is 3. The second-order valence-electron chi connectivity index (χ2n) is 7.92. The molecule has 1 aliphatic carbocycles. The lowest BCUT2D eigenvalue weighted by Gasteiger charge is -2.37. The average Bonchev–Trinajstić information content (AvgIpc) is 3.29. The van der Waals surface area contributed by atoms with Gasteiger partial charge in [0.2, 0.25) is 11.8 Å². The van der Waals surface area contributed by atoms with E-state index in [1.165, 1.54) is 16.0 Å². The van der Waals surface area contributed by atoms with Gasteiger partial charge in [-0.25, -0.2) is 0 Å². The van der Waals surface area contributed by atoms with E-state index >= 15 is 0 Å². The number of likely N-dealkylation sites (tertiary alicyclic amines) is 2. The number of fused-ring (bicyclic) bond motifs is 1. The minimum Gasteiger partial charge on any atom is -0.369 e. The number of carbonyl (C=O) groups excluding carboxylic acids is 4. The molecule has 2 unspecified atom stereocenters. The summed E-state index contributed by atoms with van der Waals surface area (Å²) in [5, 5.41) is 0. The van der Waals surface area contributed by atoms with Crippen LogP contribution in [0.15, 0.2) is 24.4 Å². The van der Waals surface area contributed by atoms with E-state index in [1.54, 1.807) is 18.2 Å². The van der Waals surface area contributed by atoms with E-state index in [1.807, 2.05) is 0 Å². The molecule has 2 saturated heterocycles. The molecule has 1 aromatic rings. The van der Waals surface area contributed by atoms with Gasteiger partial charge in [-0.3, -0.25) is 24.2 Å². The van der Waals surface area contributed by atoms with Crippen molar-refractivity contribution in [2.75, 3.05) is 13.1 Å². The Morgan fingerprint density at radius 2 is 1.86 bits per heavy atom. The lowest BCUT2D eigenvalue weighted by molar-refractivity contribution is -0.154. The Labute approximate surface area is 163 Å². The minimum absolute atomic E-state index is 0.0436. The molecule has 8 nitrogen and oxygen atoms in total. The number of carbonyl (C=O) groups is 4. The summed E-state index contributed by atoms with van der Waals surface area (Å²) in [6, 6.07) is 3.98. The molecule has 4 rings (SSSR count). The molecule has 8 heteroatoms. The Balaban J connectivity index is 1.58. The molecule has 0 bridgehead atoms. The highest BCUT2D eigenvalue weighted by Crippen LogP contribution is 2.41. The SMILES string of the molecule is NC(=O)C1(C(=O)N2CCC3C2C(=O)CN3C(=O)c2ccccn2)CCCCC1. The standard InChI is InChI=1S/C20H24N4O4/c21-18(27)20(8-3-1-4-9-20)19(28)23-11-7-14-16(23)15(25)12-24(14)17(26)13-6-2-5-10-22-13/h2,5-6,10,14,16H,1,3-4,7-9,11-12H2,(H2,21,27). The number of nitrogens with zero attached hydrogens (tertiary/aromatic N) is 3. The van der Waals surface area contributed by atoms with Gasteiger partial charge in [0.25, 0.3) is 5.91 Å². The van der Waals surface area contributed by atoms with Crippen LogP contribution in [0.4, 0.5) is 0 Å². The van der Waals surface area contributed by atoms with Crippen LogP contribution in [0.25, 0.3) is 0 Å². The maximum atomic E-state index is 13.4. The molecule has 1 saturated carbocycles. The van der Waals surface area contributed by atoms with Crippen LogP contribution in [0.5, 0.6) is 0 Å². The van der Waals surface area contributed by atoms with E-state index in [0.717, 1.165) is 19.3 Å². The van der Waals surface area contributed by atoms with Crippen LogP contribution >= 0.6 is 0 Å². The summed E-state index contributed by atoms with van der Waals surface area (Å²) in [6.07, 6.45) is 5.42. The lowest BCUT2D eigenvalue weighted by Crippen LogP contribution is -2.55. The third-order valence-electron chi connectivity index (χ3n) is 6.42. The molecule has 3 aliphatic rings. The summed E-state index contributed by atoms with van der Waals surface area (Å²) in [5.41, 5.74) is 4.71. The lowest BCUT2D eigenvalue weighted by atomic mass is 9.72. The number of primary amides is 1. The number of hydrogen-bond donors (Lipinski definition) is 1. The summed E-state index contributed by atoms with van der Waals surface area (Å²) in [6.45, 7) is 0.305. The van der Waals surface area contributed by atoms with Crippen molar-refractivity contribution in [3.8, 4) is 0 Å². The van der Waals surface area contributed by atoms with Crippen LogP contribution in [-0.2, 0) is 14.4 Å². The zero-order chi connectivity index (χ0) is 19.9. The number of hydrogen-bond acceptors (Lipinski definition) is 5. The van der Waals surface area contributed by atoms with E-state index in [4.69, 9.17) is 5.73 Å². The first-order valence-electron chi connectivity index (χ1n) is 9.81. The van der Waals surface area contributed by atoms with E-state index in [0.29, 0.717) is 25.8 Å². The molecule has 2 atom stereocenters. The van der Waals surface area contributed by atoms with Crippen LogP contribution in [0.3, 0.4) is 0 Å². The van der Waals surface area contributed by atoms with Gasteiger partial charge in [-0.1, -0.05) is 25.3 Å². The maximum absolute atomic E-state index is 13.4. The molecule has 2 N–H and O–H groups in total. The zero-order valence-electron chi connectivity index (χ0n) is 15.7. The van der Waals surface area contributed by atoms with Crippen molar-refractivity contribution in [3.05, 3.63) is 30.1 Å². The fraction of sp³-hybridized carbons (Fsp3) is 0.550. The number of aromatic nitrogens is 1. The Bertz CT molecular complexity index is 819. The van der Waals surface area contributed by atoms with Gasteiger partial charge in [-0.05, 0) is 31.4 Å². The predicted molar refractivity (Wildman–Crippen MR) is 98.9 cm³/mol. The van der Waals surface area contributed by atoms with Crippen LogP contribution < -0.4 is 5.73 Å². The van der Waals surface area contributed by atoms with Crippen molar-refractivity contribution in [1.82, 2.24) is 14.8 Å². The number of pyridine rings is 1. The monoisotopic (exact) mass is 384 g/mol. The molecule has 3 heterocycles. The normalized spacial score (nSPS) is 26.2. The number of Topliss-reactive ketones (excluding diaryl/α,β-unsaturated/α-hetero) is 1. The Morgan fingerprint density at radius 3 is 2.50 bits per heavy atom. The van der Waals surface area contributed by atoms with Gasteiger partial charge in [0.05, 0.1) is 12.6 Å². The summed E-state index contributed by atoms with van der Waals surface area (Å²) in [5.74, 6) is -1.42. The first kappa shape index (κ1) is 18.6.